The third-order valence-corrected chi connectivity index (χ3v) is 3.46. The number of ketones is 1. The number of hydrogen-bond donors (Lipinski definition) is 0. The lowest BCUT2D eigenvalue weighted by atomic mass is 10.0. The van der Waals surface area contributed by atoms with Gasteiger partial charge in [0, 0.05) is 5.56 Å². The van der Waals surface area contributed by atoms with Gasteiger partial charge in [0.2, 0.25) is 0 Å². The number of rotatable bonds is 3. The summed E-state index contributed by atoms with van der Waals surface area (Å²) in [7, 11) is 0. The number of allylic oxidation sites excluding steroid dienone is 1. The van der Waals surface area contributed by atoms with Gasteiger partial charge in [-0.1, -0.05) is 41.5 Å². The zero-order valence-electron chi connectivity index (χ0n) is 12.5. The van der Waals surface area contributed by atoms with E-state index in [1.807, 2.05) is 38.1 Å². The molecule has 0 atom stereocenters. The van der Waals surface area contributed by atoms with Crippen molar-refractivity contribution >= 4 is 11.9 Å². The second-order valence-corrected chi connectivity index (χ2v) is 5.42. The van der Waals surface area contributed by atoms with Gasteiger partial charge < -0.3 is 0 Å². The van der Waals surface area contributed by atoms with Crippen molar-refractivity contribution in [3.8, 4) is 0 Å². The van der Waals surface area contributed by atoms with Crippen LogP contribution in [0.5, 0.6) is 0 Å². The summed E-state index contributed by atoms with van der Waals surface area (Å²) in [4.78, 5) is 12.2. The van der Waals surface area contributed by atoms with Crippen LogP contribution in [-0.4, -0.2) is 5.78 Å². The molecule has 0 aliphatic heterocycles. The predicted octanol–water partition coefficient (Wildman–Crippen LogP) is 4.82. The van der Waals surface area contributed by atoms with Gasteiger partial charge in [0.05, 0.1) is 0 Å². The van der Waals surface area contributed by atoms with E-state index in [4.69, 9.17) is 0 Å². The van der Waals surface area contributed by atoms with Crippen LogP contribution < -0.4 is 0 Å². The van der Waals surface area contributed by atoms with Crippen LogP contribution in [0.3, 0.4) is 0 Å². The van der Waals surface area contributed by atoms with E-state index in [2.05, 4.69) is 32.0 Å². The highest BCUT2D eigenvalue weighted by molar-refractivity contribution is 6.07. The Kier molecular flexibility index (Phi) is 4.19. The van der Waals surface area contributed by atoms with Crippen molar-refractivity contribution in [2.24, 2.45) is 0 Å². The molecular weight excluding hydrogens is 244 g/mol. The molecule has 0 spiro atoms. The minimum Gasteiger partial charge on any atom is -0.289 e. The highest BCUT2D eigenvalue weighted by Gasteiger charge is 2.03. The molecule has 102 valence electrons. The Labute approximate surface area is 121 Å². The van der Waals surface area contributed by atoms with E-state index in [1.54, 1.807) is 6.08 Å². The Morgan fingerprint density at radius 2 is 1.50 bits per heavy atom. The van der Waals surface area contributed by atoms with E-state index in [9.17, 15) is 4.79 Å². The van der Waals surface area contributed by atoms with Crippen molar-refractivity contribution in [1.82, 2.24) is 0 Å². The maximum absolute atomic E-state index is 12.2. The smallest absolute Gasteiger partial charge is 0.185 e. The average molecular weight is 264 g/mol. The second kappa shape index (κ2) is 5.87. The normalized spacial score (nSPS) is 11.0. The SMILES string of the molecule is Cc1cc(C)cc(C(=O)/C=C/c2ccc(C)c(C)c2)c1. The number of benzene rings is 2. The standard InChI is InChI=1S/C19H20O/c1-13-9-14(2)11-18(10-13)19(20)8-7-17-6-5-15(3)16(4)12-17/h5-12H,1-4H3/b8-7+. The molecule has 0 heterocycles. The van der Waals surface area contributed by atoms with E-state index in [-0.39, 0.29) is 5.78 Å². The predicted molar refractivity (Wildman–Crippen MR) is 85.2 cm³/mol. The average Bonchev–Trinajstić information content (AvgIpc) is 2.38. The van der Waals surface area contributed by atoms with Gasteiger partial charge in [-0.15, -0.1) is 0 Å². The number of carbonyl (C=O) groups excluding carboxylic acids is 1. The second-order valence-electron chi connectivity index (χ2n) is 5.42. The molecule has 0 fully saturated rings. The van der Waals surface area contributed by atoms with E-state index >= 15 is 0 Å². The molecule has 0 unspecified atom stereocenters. The highest BCUT2D eigenvalue weighted by Crippen LogP contribution is 2.13. The van der Waals surface area contributed by atoms with E-state index in [0.717, 1.165) is 22.3 Å². The Balaban J connectivity index is 2.22. The highest BCUT2D eigenvalue weighted by atomic mass is 16.1. The quantitative estimate of drug-likeness (QED) is 0.574. The molecule has 0 aromatic heterocycles. The summed E-state index contributed by atoms with van der Waals surface area (Å²) in [5, 5.41) is 0. The summed E-state index contributed by atoms with van der Waals surface area (Å²) in [5.74, 6) is 0.0510. The molecule has 0 N–H and O–H groups in total. The molecule has 1 heteroatoms. The van der Waals surface area contributed by atoms with E-state index in [1.165, 1.54) is 11.1 Å². The zero-order valence-corrected chi connectivity index (χ0v) is 12.5. The van der Waals surface area contributed by atoms with E-state index < -0.39 is 0 Å². The van der Waals surface area contributed by atoms with Crippen molar-refractivity contribution in [2.75, 3.05) is 0 Å². The van der Waals surface area contributed by atoms with Gasteiger partial charge in [-0.3, -0.25) is 4.79 Å². The lowest BCUT2D eigenvalue weighted by Crippen LogP contribution is -1.96. The van der Waals surface area contributed by atoms with Gasteiger partial charge in [-0.25, -0.2) is 0 Å². The fraction of sp³-hybridized carbons (Fsp3) is 0.211. The fourth-order valence-corrected chi connectivity index (χ4v) is 2.25. The molecule has 20 heavy (non-hydrogen) atoms. The number of aryl methyl sites for hydroxylation is 4. The summed E-state index contributed by atoms with van der Waals surface area (Å²) in [5.41, 5.74) is 6.56. The maximum Gasteiger partial charge on any atom is 0.185 e. The minimum atomic E-state index is 0.0510. The molecule has 0 amide bonds. The Morgan fingerprint density at radius 1 is 0.850 bits per heavy atom. The first-order valence-electron chi connectivity index (χ1n) is 6.83. The fourth-order valence-electron chi connectivity index (χ4n) is 2.25. The molecule has 0 bridgehead atoms. The van der Waals surface area contributed by atoms with Gasteiger partial charge in [0.25, 0.3) is 0 Å². The molecule has 1 nitrogen and oxygen atoms in total. The molecule has 2 aromatic rings. The maximum atomic E-state index is 12.2. The summed E-state index contributed by atoms with van der Waals surface area (Å²) in [6.07, 6.45) is 3.53. The van der Waals surface area contributed by atoms with Gasteiger partial charge >= 0.3 is 0 Å². The molecule has 0 saturated carbocycles. The summed E-state index contributed by atoms with van der Waals surface area (Å²) in [6, 6.07) is 12.1. The summed E-state index contributed by atoms with van der Waals surface area (Å²) < 4.78 is 0. The van der Waals surface area contributed by atoms with Crippen LogP contribution in [0.2, 0.25) is 0 Å². The van der Waals surface area contributed by atoms with Gasteiger partial charge in [-0.05, 0) is 62.6 Å². The zero-order chi connectivity index (χ0) is 14.7. The van der Waals surface area contributed by atoms with Gasteiger partial charge in [0.15, 0.2) is 5.78 Å². The number of hydrogen-bond acceptors (Lipinski definition) is 1. The Hall–Kier alpha value is -2.15. The van der Waals surface area contributed by atoms with Gasteiger partial charge in [-0.2, -0.15) is 0 Å². The monoisotopic (exact) mass is 264 g/mol. The first-order valence-corrected chi connectivity index (χ1v) is 6.83. The van der Waals surface area contributed by atoms with E-state index in [0.29, 0.717) is 0 Å². The van der Waals surface area contributed by atoms with Crippen molar-refractivity contribution in [3.05, 3.63) is 75.9 Å². The van der Waals surface area contributed by atoms with Gasteiger partial charge in [0.1, 0.15) is 0 Å². The van der Waals surface area contributed by atoms with Crippen LogP contribution in [0.1, 0.15) is 38.2 Å². The van der Waals surface area contributed by atoms with Crippen LogP contribution in [0.15, 0.2) is 42.5 Å². The minimum absolute atomic E-state index is 0.0510. The molecule has 0 aliphatic rings. The lowest BCUT2D eigenvalue weighted by molar-refractivity contribution is 0.104. The van der Waals surface area contributed by atoms with Crippen LogP contribution in [0.4, 0.5) is 0 Å². The van der Waals surface area contributed by atoms with Crippen molar-refractivity contribution < 1.29 is 4.79 Å². The third kappa shape index (κ3) is 3.45. The van der Waals surface area contributed by atoms with Crippen molar-refractivity contribution in [1.29, 1.82) is 0 Å². The topological polar surface area (TPSA) is 17.1 Å². The largest absolute Gasteiger partial charge is 0.289 e. The summed E-state index contributed by atoms with van der Waals surface area (Å²) in [6.45, 7) is 8.19. The van der Waals surface area contributed by atoms with Crippen LogP contribution in [0.25, 0.3) is 6.08 Å². The van der Waals surface area contributed by atoms with Crippen molar-refractivity contribution in [2.45, 2.75) is 27.7 Å². The Morgan fingerprint density at radius 3 is 2.10 bits per heavy atom. The molecule has 2 rings (SSSR count). The third-order valence-electron chi connectivity index (χ3n) is 3.46. The summed E-state index contributed by atoms with van der Waals surface area (Å²) >= 11 is 0. The molecular formula is C19H20O. The molecule has 2 aromatic carbocycles. The van der Waals surface area contributed by atoms with Crippen LogP contribution >= 0.6 is 0 Å². The molecule has 0 saturated heterocycles. The first-order chi connectivity index (χ1) is 9.45. The van der Waals surface area contributed by atoms with Crippen molar-refractivity contribution in [3.63, 3.8) is 0 Å². The lowest BCUT2D eigenvalue weighted by Gasteiger charge is -2.02. The van der Waals surface area contributed by atoms with Crippen LogP contribution in [0, 0.1) is 27.7 Å². The molecule has 0 radical (unpaired) electrons. The van der Waals surface area contributed by atoms with Crippen LogP contribution in [-0.2, 0) is 0 Å². The molecule has 0 aliphatic carbocycles. The first kappa shape index (κ1) is 14.3. The number of carbonyl (C=O) groups is 1. The Bertz CT molecular complexity index is 658.